The number of thioether (sulfide) groups is 1. The molecule has 0 saturated carbocycles. The van der Waals surface area contributed by atoms with E-state index in [-0.39, 0.29) is 24.3 Å². The number of halogens is 1. The van der Waals surface area contributed by atoms with Gasteiger partial charge in [-0.15, -0.1) is 0 Å². The van der Waals surface area contributed by atoms with Crippen molar-refractivity contribution in [3.05, 3.63) is 137 Å². The van der Waals surface area contributed by atoms with Gasteiger partial charge in [0, 0.05) is 4.90 Å². The lowest BCUT2D eigenvalue weighted by Crippen LogP contribution is -2.65. The average Bonchev–Trinajstić information content (AvgIpc) is 3.29. The van der Waals surface area contributed by atoms with E-state index < -0.39 is 47.4 Å². The summed E-state index contributed by atoms with van der Waals surface area (Å²) in [5.74, 6) is -1.37. The number of rotatable bonds is 10. The number of fused-ring (bicyclic) bond motifs is 1. The van der Waals surface area contributed by atoms with Gasteiger partial charge in [0.15, 0.2) is 0 Å². The Labute approximate surface area is 253 Å². The minimum atomic E-state index is -1.24. The zero-order valence-corrected chi connectivity index (χ0v) is 23.9. The molecule has 9 heteroatoms. The van der Waals surface area contributed by atoms with Crippen molar-refractivity contribution >= 4 is 23.6 Å². The molecule has 2 amide bonds. The molecule has 0 radical (unpaired) electrons. The molecule has 0 spiro atoms. The topological polar surface area (TPSA) is 85.3 Å². The van der Waals surface area contributed by atoms with Crippen molar-refractivity contribution in [3.63, 3.8) is 0 Å². The number of benzene rings is 4. The number of nitrogens with zero attached hydrogens (tertiary/aromatic N) is 1. The zero-order chi connectivity index (χ0) is 29.8. The quantitative estimate of drug-likeness (QED) is 0.242. The largest absolute Gasteiger partial charge is 0.388 e. The van der Waals surface area contributed by atoms with Crippen LogP contribution in [0.1, 0.15) is 31.8 Å². The van der Waals surface area contributed by atoms with E-state index in [0.29, 0.717) is 11.5 Å². The van der Waals surface area contributed by atoms with Crippen LogP contribution in [0.3, 0.4) is 0 Å². The maximum Gasteiger partial charge on any atom is 0.262 e. The van der Waals surface area contributed by atoms with Crippen LogP contribution in [0.25, 0.3) is 0 Å². The molecule has 2 aliphatic heterocycles. The normalized spacial score (nSPS) is 23.4. The van der Waals surface area contributed by atoms with Crippen molar-refractivity contribution in [1.82, 2.24) is 4.90 Å². The fourth-order valence-electron chi connectivity index (χ4n) is 5.36. The summed E-state index contributed by atoms with van der Waals surface area (Å²) in [6.45, 7) is 0.477. The highest BCUT2D eigenvalue weighted by Crippen LogP contribution is 2.40. The van der Waals surface area contributed by atoms with Gasteiger partial charge in [-0.2, -0.15) is 0 Å². The van der Waals surface area contributed by atoms with Crippen LogP contribution in [0, 0.1) is 5.82 Å². The molecule has 7 nitrogen and oxygen atoms in total. The summed E-state index contributed by atoms with van der Waals surface area (Å²) in [6.07, 6.45) is -3.09. The Bertz CT molecular complexity index is 1520. The first-order valence-electron chi connectivity index (χ1n) is 14.0. The van der Waals surface area contributed by atoms with Crippen LogP contribution in [0.2, 0.25) is 0 Å². The average molecular weight is 600 g/mol. The lowest BCUT2D eigenvalue weighted by Gasteiger charge is -2.47. The van der Waals surface area contributed by atoms with Gasteiger partial charge in [-0.1, -0.05) is 84.6 Å². The third kappa shape index (κ3) is 6.41. The minimum absolute atomic E-state index is 0.0383. The molecule has 1 fully saturated rings. The van der Waals surface area contributed by atoms with E-state index in [0.717, 1.165) is 16.0 Å². The molecule has 4 aromatic rings. The number of carbonyl (C=O) groups excluding carboxylic acids is 2. The smallest absolute Gasteiger partial charge is 0.262 e. The second kappa shape index (κ2) is 13.2. The number of hydrogen-bond donors (Lipinski definition) is 1. The van der Waals surface area contributed by atoms with Gasteiger partial charge in [0.1, 0.15) is 35.6 Å². The molecule has 0 unspecified atom stereocenters. The van der Waals surface area contributed by atoms with Crippen molar-refractivity contribution in [2.75, 3.05) is 6.61 Å². The number of imide groups is 1. The van der Waals surface area contributed by atoms with E-state index >= 15 is 0 Å². The van der Waals surface area contributed by atoms with Crippen molar-refractivity contribution in [1.29, 1.82) is 0 Å². The standard InChI is InChI=1S/C34H30FNO6S/c35-24-15-17-25(18-16-24)43-34-29(36-32(38)26-13-7-8-14-27(26)33(36)39)31(41-20-23-11-5-2-6-12-23)30(37)28(42-34)21-40-19-22-9-3-1-4-10-22/h1-18,28-31,34,37H,19-21H2/t28-,29-,30-,31-,34+/m1/s1. The second-order valence-corrected chi connectivity index (χ2v) is 11.6. The molecule has 1 saturated heterocycles. The van der Waals surface area contributed by atoms with E-state index in [2.05, 4.69) is 0 Å². The Balaban J connectivity index is 1.33. The summed E-state index contributed by atoms with van der Waals surface area (Å²) in [4.78, 5) is 29.2. The molecule has 2 aliphatic rings. The fourth-order valence-corrected chi connectivity index (χ4v) is 6.54. The number of hydrogen-bond acceptors (Lipinski definition) is 7. The molecule has 1 N–H and O–H groups in total. The first kappa shape index (κ1) is 29.2. The predicted molar refractivity (Wildman–Crippen MR) is 159 cm³/mol. The lowest BCUT2D eigenvalue weighted by atomic mass is 9.96. The van der Waals surface area contributed by atoms with Gasteiger partial charge in [-0.05, 0) is 47.5 Å². The zero-order valence-electron chi connectivity index (χ0n) is 23.1. The second-order valence-electron chi connectivity index (χ2n) is 10.4. The van der Waals surface area contributed by atoms with Crippen molar-refractivity contribution in [2.24, 2.45) is 0 Å². The molecule has 6 rings (SSSR count). The van der Waals surface area contributed by atoms with Crippen LogP contribution in [-0.4, -0.2) is 58.2 Å². The maximum atomic E-state index is 13.8. The predicted octanol–water partition coefficient (Wildman–Crippen LogP) is 5.47. The highest BCUT2D eigenvalue weighted by atomic mass is 32.2. The summed E-state index contributed by atoms with van der Waals surface area (Å²) in [5, 5.41) is 11.7. The Morgan fingerprint density at radius 1 is 0.767 bits per heavy atom. The number of ether oxygens (including phenoxy) is 3. The number of aliphatic hydroxyl groups is 1. The van der Waals surface area contributed by atoms with Gasteiger partial charge in [0.05, 0.1) is 30.9 Å². The van der Waals surface area contributed by atoms with Gasteiger partial charge in [0.2, 0.25) is 0 Å². The Morgan fingerprint density at radius 3 is 1.93 bits per heavy atom. The monoisotopic (exact) mass is 599 g/mol. The molecule has 2 heterocycles. The van der Waals surface area contributed by atoms with Crippen molar-refractivity contribution in [2.45, 2.75) is 47.9 Å². The summed E-state index contributed by atoms with van der Waals surface area (Å²) in [7, 11) is 0. The van der Waals surface area contributed by atoms with E-state index in [1.165, 1.54) is 23.9 Å². The van der Waals surface area contributed by atoms with Crippen LogP contribution in [0.5, 0.6) is 0 Å². The minimum Gasteiger partial charge on any atom is -0.388 e. The molecule has 5 atom stereocenters. The van der Waals surface area contributed by atoms with Crippen molar-refractivity contribution in [3.8, 4) is 0 Å². The first-order valence-corrected chi connectivity index (χ1v) is 14.9. The van der Waals surface area contributed by atoms with Gasteiger partial charge >= 0.3 is 0 Å². The SMILES string of the molecule is O=C1c2ccccc2C(=O)N1[C@@H]1[C@@H](OCc2ccccc2)[C@H](O)[C@@H](COCc2ccccc2)O[C@H]1Sc1ccc(F)cc1. The lowest BCUT2D eigenvalue weighted by molar-refractivity contribution is -0.205. The Hall–Kier alpha value is -3.86. The van der Waals surface area contributed by atoms with Gasteiger partial charge in [-0.3, -0.25) is 14.5 Å². The van der Waals surface area contributed by atoms with E-state index in [1.54, 1.807) is 36.4 Å². The highest BCUT2D eigenvalue weighted by molar-refractivity contribution is 7.99. The van der Waals surface area contributed by atoms with E-state index in [4.69, 9.17) is 14.2 Å². The van der Waals surface area contributed by atoms with Crippen LogP contribution in [0.15, 0.2) is 114 Å². The number of amides is 2. The third-order valence-electron chi connectivity index (χ3n) is 7.51. The number of carbonyl (C=O) groups is 2. The third-order valence-corrected chi connectivity index (χ3v) is 8.68. The van der Waals surface area contributed by atoms with Gasteiger partial charge in [-0.25, -0.2) is 4.39 Å². The first-order chi connectivity index (χ1) is 21.0. The van der Waals surface area contributed by atoms with Crippen LogP contribution >= 0.6 is 11.8 Å². The van der Waals surface area contributed by atoms with E-state index in [1.807, 2.05) is 60.7 Å². The Kier molecular flexibility index (Phi) is 8.97. The molecule has 43 heavy (non-hydrogen) atoms. The summed E-state index contributed by atoms with van der Waals surface area (Å²) in [5.41, 5.74) is 1.53. The summed E-state index contributed by atoms with van der Waals surface area (Å²) in [6, 6.07) is 30.6. The molecule has 0 bridgehead atoms. The van der Waals surface area contributed by atoms with Gasteiger partial charge in [0.25, 0.3) is 11.8 Å². The highest BCUT2D eigenvalue weighted by Gasteiger charge is 2.54. The molecule has 220 valence electrons. The molecule has 0 aromatic heterocycles. The van der Waals surface area contributed by atoms with E-state index in [9.17, 15) is 19.1 Å². The van der Waals surface area contributed by atoms with Crippen LogP contribution in [-0.2, 0) is 27.4 Å². The summed E-state index contributed by atoms with van der Waals surface area (Å²) < 4.78 is 32.5. The van der Waals surface area contributed by atoms with Crippen LogP contribution < -0.4 is 0 Å². The molecular formula is C34H30FNO6S. The number of aliphatic hydroxyl groups excluding tert-OH is 1. The maximum absolute atomic E-state index is 13.8. The molecule has 0 aliphatic carbocycles. The fraction of sp³-hybridized carbons (Fsp3) is 0.235. The molecule has 4 aromatic carbocycles. The summed E-state index contributed by atoms with van der Waals surface area (Å²) >= 11 is 1.23. The van der Waals surface area contributed by atoms with Crippen molar-refractivity contribution < 1.29 is 33.3 Å². The van der Waals surface area contributed by atoms with Gasteiger partial charge < -0.3 is 19.3 Å². The Morgan fingerprint density at radius 2 is 1.33 bits per heavy atom. The molecular weight excluding hydrogens is 569 g/mol. The van der Waals surface area contributed by atoms with Crippen LogP contribution in [0.4, 0.5) is 4.39 Å².